The Balaban J connectivity index is 2.34. The molecule has 88 valence electrons. The van der Waals surface area contributed by atoms with Crippen molar-refractivity contribution in [1.82, 2.24) is 5.32 Å². The van der Waals surface area contributed by atoms with Crippen LogP contribution in [-0.2, 0) is 13.2 Å². The average Bonchev–Trinajstić information content (AvgIpc) is 2.40. The third-order valence-electron chi connectivity index (χ3n) is 2.75. The summed E-state index contributed by atoms with van der Waals surface area (Å²) in [7, 11) is 1.94. The topological polar surface area (TPSA) is 32.3 Å². The lowest BCUT2D eigenvalue weighted by molar-refractivity contribution is 0.282. The van der Waals surface area contributed by atoms with Crippen LogP contribution in [0.5, 0.6) is 0 Å². The molecule has 0 aromatic heterocycles. The molecular formula is C15H17NO. The van der Waals surface area contributed by atoms with Gasteiger partial charge in [-0.1, -0.05) is 36.4 Å². The lowest BCUT2D eigenvalue weighted by Crippen LogP contribution is -2.04. The smallest absolute Gasteiger partial charge is 0.0682 e. The van der Waals surface area contributed by atoms with Gasteiger partial charge < -0.3 is 10.4 Å². The molecule has 0 spiro atoms. The molecule has 2 nitrogen and oxygen atoms in total. The van der Waals surface area contributed by atoms with E-state index in [9.17, 15) is 0 Å². The molecule has 0 unspecified atom stereocenters. The molecule has 2 N–H and O–H groups in total. The maximum absolute atomic E-state index is 9.14. The van der Waals surface area contributed by atoms with Gasteiger partial charge in [-0.2, -0.15) is 0 Å². The molecular weight excluding hydrogens is 210 g/mol. The van der Waals surface area contributed by atoms with Crippen LogP contribution in [0, 0.1) is 0 Å². The zero-order chi connectivity index (χ0) is 12.1. The second-order valence-electron chi connectivity index (χ2n) is 4.09. The molecule has 0 bridgehead atoms. The Kier molecular flexibility index (Phi) is 3.91. The van der Waals surface area contributed by atoms with Crippen molar-refractivity contribution < 1.29 is 5.11 Å². The van der Waals surface area contributed by atoms with E-state index < -0.39 is 0 Å². The van der Waals surface area contributed by atoms with E-state index in [1.807, 2.05) is 25.2 Å². The Morgan fingerprint density at radius 2 is 1.53 bits per heavy atom. The van der Waals surface area contributed by atoms with Gasteiger partial charge >= 0.3 is 0 Å². The third kappa shape index (κ3) is 2.93. The molecule has 2 rings (SSSR count). The van der Waals surface area contributed by atoms with Gasteiger partial charge in [-0.25, -0.2) is 0 Å². The molecule has 0 amide bonds. The van der Waals surface area contributed by atoms with Gasteiger partial charge in [0.25, 0.3) is 0 Å². The van der Waals surface area contributed by atoms with Crippen molar-refractivity contribution in [3.63, 3.8) is 0 Å². The second-order valence-corrected chi connectivity index (χ2v) is 4.09. The molecule has 0 aliphatic heterocycles. The summed E-state index contributed by atoms with van der Waals surface area (Å²) in [6, 6.07) is 16.4. The Morgan fingerprint density at radius 3 is 2.12 bits per heavy atom. The first-order valence-corrected chi connectivity index (χ1v) is 5.77. The van der Waals surface area contributed by atoms with Crippen molar-refractivity contribution in [1.29, 1.82) is 0 Å². The fraction of sp³-hybridized carbons (Fsp3) is 0.200. The summed E-state index contributed by atoms with van der Waals surface area (Å²) in [5.41, 5.74) is 4.54. The Hall–Kier alpha value is -1.64. The molecule has 0 saturated carbocycles. The predicted octanol–water partition coefficient (Wildman–Crippen LogP) is 2.57. The van der Waals surface area contributed by atoms with Crippen LogP contribution in [0.3, 0.4) is 0 Å². The summed E-state index contributed by atoms with van der Waals surface area (Å²) in [5.74, 6) is 0. The van der Waals surface area contributed by atoms with Crippen molar-refractivity contribution >= 4 is 0 Å². The van der Waals surface area contributed by atoms with Gasteiger partial charge in [0.15, 0.2) is 0 Å². The fourth-order valence-corrected chi connectivity index (χ4v) is 1.91. The molecule has 0 heterocycles. The summed E-state index contributed by atoms with van der Waals surface area (Å²) in [4.78, 5) is 0. The highest BCUT2D eigenvalue weighted by atomic mass is 16.3. The van der Waals surface area contributed by atoms with E-state index in [2.05, 4.69) is 35.6 Å². The molecule has 17 heavy (non-hydrogen) atoms. The van der Waals surface area contributed by atoms with E-state index in [0.29, 0.717) is 0 Å². The lowest BCUT2D eigenvalue weighted by Gasteiger charge is -2.06. The van der Waals surface area contributed by atoms with Crippen molar-refractivity contribution in [3.05, 3.63) is 59.7 Å². The van der Waals surface area contributed by atoms with Crippen LogP contribution in [-0.4, -0.2) is 12.2 Å². The number of hydrogen-bond acceptors (Lipinski definition) is 2. The van der Waals surface area contributed by atoms with Gasteiger partial charge in [0.05, 0.1) is 6.61 Å². The van der Waals surface area contributed by atoms with Gasteiger partial charge in [0.1, 0.15) is 0 Å². The average molecular weight is 227 g/mol. The highest BCUT2D eigenvalue weighted by molar-refractivity contribution is 5.64. The Labute approximate surface area is 102 Å². The van der Waals surface area contributed by atoms with Crippen molar-refractivity contribution in [2.24, 2.45) is 0 Å². The second kappa shape index (κ2) is 5.62. The number of benzene rings is 2. The normalized spacial score (nSPS) is 10.5. The summed E-state index contributed by atoms with van der Waals surface area (Å²) < 4.78 is 0. The molecule has 2 aromatic carbocycles. The molecule has 2 heteroatoms. The van der Waals surface area contributed by atoms with E-state index in [-0.39, 0.29) is 6.61 Å². The summed E-state index contributed by atoms with van der Waals surface area (Å²) in [5, 5.41) is 12.3. The number of nitrogens with one attached hydrogen (secondary N) is 1. The maximum atomic E-state index is 9.14. The van der Waals surface area contributed by atoms with Crippen molar-refractivity contribution in [2.75, 3.05) is 7.05 Å². The van der Waals surface area contributed by atoms with Crippen LogP contribution >= 0.6 is 0 Å². The Morgan fingerprint density at radius 1 is 0.941 bits per heavy atom. The van der Waals surface area contributed by atoms with Gasteiger partial charge in [0.2, 0.25) is 0 Å². The first-order valence-electron chi connectivity index (χ1n) is 5.77. The number of rotatable bonds is 4. The standard InChI is InChI=1S/C15H17NO/c1-16-10-12-4-2-6-14(8-12)15-7-3-5-13(9-15)11-17/h2-9,16-17H,10-11H2,1H3. The maximum Gasteiger partial charge on any atom is 0.0682 e. The van der Waals surface area contributed by atoms with Crippen LogP contribution in [0.2, 0.25) is 0 Å². The molecule has 0 aliphatic carbocycles. The van der Waals surface area contributed by atoms with E-state index in [1.54, 1.807) is 0 Å². The summed E-state index contributed by atoms with van der Waals surface area (Å²) >= 11 is 0. The van der Waals surface area contributed by atoms with E-state index in [1.165, 1.54) is 11.1 Å². The number of aliphatic hydroxyl groups excluding tert-OH is 1. The quantitative estimate of drug-likeness (QED) is 0.841. The highest BCUT2D eigenvalue weighted by Crippen LogP contribution is 2.21. The van der Waals surface area contributed by atoms with Gasteiger partial charge in [-0.05, 0) is 41.4 Å². The monoisotopic (exact) mass is 227 g/mol. The van der Waals surface area contributed by atoms with Crippen LogP contribution in [0.25, 0.3) is 11.1 Å². The van der Waals surface area contributed by atoms with Crippen LogP contribution < -0.4 is 5.32 Å². The lowest BCUT2D eigenvalue weighted by atomic mass is 10.0. The van der Waals surface area contributed by atoms with Gasteiger partial charge in [-0.3, -0.25) is 0 Å². The van der Waals surface area contributed by atoms with Gasteiger partial charge in [0, 0.05) is 6.54 Å². The SMILES string of the molecule is CNCc1cccc(-c2cccc(CO)c2)c1. The molecule has 0 radical (unpaired) electrons. The van der Waals surface area contributed by atoms with Crippen molar-refractivity contribution in [2.45, 2.75) is 13.2 Å². The van der Waals surface area contributed by atoms with Crippen LogP contribution in [0.4, 0.5) is 0 Å². The van der Waals surface area contributed by atoms with Crippen LogP contribution in [0.1, 0.15) is 11.1 Å². The first kappa shape index (κ1) is 11.8. The summed E-state index contributed by atoms with van der Waals surface area (Å²) in [6.45, 7) is 0.956. The largest absolute Gasteiger partial charge is 0.392 e. The predicted molar refractivity (Wildman–Crippen MR) is 70.6 cm³/mol. The highest BCUT2D eigenvalue weighted by Gasteiger charge is 2.00. The first-order chi connectivity index (χ1) is 8.33. The fourth-order valence-electron chi connectivity index (χ4n) is 1.91. The minimum atomic E-state index is 0.0873. The molecule has 2 aromatic rings. The molecule has 0 saturated heterocycles. The van der Waals surface area contributed by atoms with E-state index in [0.717, 1.165) is 17.7 Å². The molecule has 0 fully saturated rings. The number of aliphatic hydroxyl groups is 1. The van der Waals surface area contributed by atoms with Crippen LogP contribution in [0.15, 0.2) is 48.5 Å². The third-order valence-corrected chi connectivity index (χ3v) is 2.75. The van der Waals surface area contributed by atoms with E-state index >= 15 is 0 Å². The molecule has 0 aliphatic rings. The minimum Gasteiger partial charge on any atom is -0.392 e. The zero-order valence-electron chi connectivity index (χ0n) is 9.98. The summed E-state index contributed by atoms with van der Waals surface area (Å²) in [6.07, 6.45) is 0. The van der Waals surface area contributed by atoms with Crippen molar-refractivity contribution in [3.8, 4) is 11.1 Å². The van der Waals surface area contributed by atoms with Gasteiger partial charge in [-0.15, -0.1) is 0 Å². The van der Waals surface area contributed by atoms with E-state index in [4.69, 9.17) is 5.11 Å². The Bertz CT molecular complexity index is 494. The molecule has 0 atom stereocenters. The number of hydrogen-bond donors (Lipinski definition) is 2. The zero-order valence-corrected chi connectivity index (χ0v) is 9.98. The minimum absolute atomic E-state index is 0.0873.